The van der Waals surface area contributed by atoms with Gasteiger partial charge in [0.2, 0.25) is 0 Å². The van der Waals surface area contributed by atoms with E-state index in [0.717, 1.165) is 31.6 Å². The Morgan fingerprint density at radius 2 is 1.06 bits per heavy atom. The second kappa shape index (κ2) is 44.3. The SMILES string of the molecule is CCCCC/C=C\C=C/[C@H](O)C/C=C\C/C=C/CCCC(=O)O[C@H](COC(=O)CCCCCCCCCCCCCCCCCCCCC(C)C)COP(=O)(O)OC[C@@H](O)COP(=O)(O)O. The summed E-state index contributed by atoms with van der Waals surface area (Å²) in [4.78, 5) is 52.9. The van der Waals surface area contributed by atoms with E-state index >= 15 is 0 Å². The number of hydrogen-bond acceptors (Lipinski definition) is 11. The fourth-order valence-electron chi connectivity index (χ4n) is 6.84. The predicted molar refractivity (Wildman–Crippen MR) is 264 cm³/mol. The molecule has 0 aromatic rings. The monoisotopic (exact) mass is 979 g/mol. The van der Waals surface area contributed by atoms with E-state index in [4.69, 9.17) is 23.8 Å². The highest BCUT2D eigenvalue weighted by Crippen LogP contribution is 2.44. The first kappa shape index (κ1) is 64.0. The number of phosphoric ester groups is 2. The van der Waals surface area contributed by atoms with Crippen LogP contribution in [0, 0.1) is 5.92 Å². The third-order valence-electron chi connectivity index (χ3n) is 10.7. The molecule has 0 saturated carbocycles. The highest BCUT2D eigenvalue weighted by Gasteiger charge is 2.28. The summed E-state index contributed by atoms with van der Waals surface area (Å²) in [5.41, 5.74) is 0. The van der Waals surface area contributed by atoms with Gasteiger partial charge in [-0.3, -0.25) is 23.2 Å². The van der Waals surface area contributed by atoms with Crippen LogP contribution in [-0.4, -0.2) is 81.6 Å². The van der Waals surface area contributed by atoms with E-state index in [1.165, 1.54) is 116 Å². The first-order valence-corrected chi connectivity index (χ1v) is 28.3. The van der Waals surface area contributed by atoms with Crippen molar-refractivity contribution in [1.82, 2.24) is 0 Å². The fraction of sp³-hybridized carbons (Fsp3) is 0.800. The first-order chi connectivity index (χ1) is 31.6. The summed E-state index contributed by atoms with van der Waals surface area (Å²) in [7, 11) is -9.72. The normalized spacial score (nSPS) is 14.8. The van der Waals surface area contributed by atoms with Gasteiger partial charge in [0.25, 0.3) is 0 Å². The van der Waals surface area contributed by atoms with Crippen molar-refractivity contribution < 1.29 is 66.7 Å². The molecule has 0 aliphatic rings. The molecule has 0 spiro atoms. The van der Waals surface area contributed by atoms with E-state index in [2.05, 4.69) is 35.9 Å². The van der Waals surface area contributed by atoms with Gasteiger partial charge in [-0.25, -0.2) is 9.13 Å². The number of allylic oxidation sites excluding steroid dienone is 6. The highest BCUT2D eigenvalue weighted by atomic mass is 31.2. The van der Waals surface area contributed by atoms with Crippen LogP contribution in [0.4, 0.5) is 0 Å². The van der Waals surface area contributed by atoms with Crippen LogP contribution in [0.5, 0.6) is 0 Å². The molecule has 16 heteroatoms. The van der Waals surface area contributed by atoms with Gasteiger partial charge in [0, 0.05) is 12.8 Å². The van der Waals surface area contributed by atoms with Crippen LogP contribution in [-0.2, 0) is 41.8 Å². The average Bonchev–Trinajstić information content (AvgIpc) is 3.26. The highest BCUT2D eigenvalue weighted by molar-refractivity contribution is 7.47. The Bertz CT molecular complexity index is 1380. The maximum atomic E-state index is 12.7. The quantitative estimate of drug-likeness (QED) is 0.0126. The Morgan fingerprint density at radius 3 is 1.64 bits per heavy atom. The number of hydrogen-bond donors (Lipinski definition) is 5. The lowest BCUT2D eigenvalue weighted by Crippen LogP contribution is -2.29. The van der Waals surface area contributed by atoms with Crippen molar-refractivity contribution >= 4 is 27.6 Å². The van der Waals surface area contributed by atoms with Crippen LogP contribution >= 0.6 is 15.6 Å². The topological polar surface area (TPSA) is 216 Å². The summed E-state index contributed by atoms with van der Waals surface area (Å²) in [5.74, 6) is -0.302. The third kappa shape index (κ3) is 48.5. The van der Waals surface area contributed by atoms with Gasteiger partial charge in [0.05, 0.1) is 25.9 Å². The largest absolute Gasteiger partial charge is 0.472 e. The van der Waals surface area contributed by atoms with E-state index in [9.17, 15) is 33.8 Å². The molecule has 0 bridgehead atoms. The van der Waals surface area contributed by atoms with Crippen molar-refractivity contribution in [2.45, 2.75) is 225 Å². The summed E-state index contributed by atoms with van der Waals surface area (Å²) >= 11 is 0. The summed E-state index contributed by atoms with van der Waals surface area (Å²) in [5, 5.41) is 19.9. The van der Waals surface area contributed by atoms with Crippen LogP contribution in [0.3, 0.4) is 0 Å². The molecule has 0 amide bonds. The standard InChI is InChI=1S/C50H92O14P2/c1-4-5-6-7-21-27-32-37-46(51)38-33-28-23-20-25-30-35-40-50(54)64-48(44-63-66(58,59)62-42-47(52)41-61-65(55,56)57)43-60-49(53)39-34-29-24-19-17-15-13-11-9-8-10-12-14-16-18-22-26-31-36-45(2)3/h20-21,25,27-28,32-33,37,45-48,51-52H,4-19,22-24,26,29-31,34-36,38-44H2,1-3H3,(H,58,59)(H2,55,56,57)/b25-20+,27-21-,33-28-,37-32-/t46-,47-,48+/m0/s1. The third-order valence-corrected chi connectivity index (χ3v) is 12.2. The van der Waals surface area contributed by atoms with Crippen molar-refractivity contribution in [1.29, 1.82) is 0 Å². The van der Waals surface area contributed by atoms with Crippen molar-refractivity contribution in [2.75, 3.05) is 26.4 Å². The molecule has 5 N–H and O–H groups in total. The van der Waals surface area contributed by atoms with Crippen LogP contribution in [0.1, 0.15) is 207 Å². The van der Waals surface area contributed by atoms with Gasteiger partial charge < -0.3 is 34.4 Å². The molecule has 14 nitrogen and oxygen atoms in total. The summed E-state index contributed by atoms with van der Waals surface area (Å²) in [6, 6.07) is 0. The molecule has 0 radical (unpaired) electrons. The lowest BCUT2D eigenvalue weighted by Gasteiger charge is -2.20. The molecule has 0 heterocycles. The summed E-state index contributed by atoms with van der Waals surface area (Å²) < 4.78 is 47.8. The molecule has 66 heavy (non-hydrogen) atoms. The Morgan fingerprint density at radius 1 is 0.545 bits per heavy atom. The van der Waals surface area contributed by atoms with Gasteiger partial charge in [-0.05, 0) is 50.9 Å². The van der Waals surface area contributed by atoms with Gasteiger partial charge in [0.15, 0.2) is 6.10 Å². The molecule has 1 unspecified atom stereocenters. The van der Waals surface area contributed by atoms with Gasteiger partial charge in [-0.1, -0.05) is 198 Å². The average molecular weight is 979 g/mol. The number of phosphoric acid groups is 2. The van der Waals surface area contributed by atoms with Gasteiger partial charge in [-0.15, -0.1) is 0 Å². The molecule has 0 aliphatic carbocycles. The Balaban J connectivity index is 4.51. The number of unbranched alkanes of at least 4 members (excludes halogenated alkanes) is 21. The molecular weight excluding hydrogens is 886 g/mol. The number of carbonyl (C=O) groups is 2. The maximum absolute atomic E-state index is 12.7. The van der Waals surface area contributed by atoms with E-state index in [1.54, 1.807) is 6.08 Å². The van der Waals surface area contributed by atoms with Crippen LogP contribution < -0.4 is 0 Å². The van der Waals surface area contributed by atoms with E-state index in [0.29, 0.717) is 32.1 Å². The Kier molecular flexibility index (Phi) is 42.9. The number of ether oxygens (including phenoxy) is 2. The lowest BCUT2D eigenvalue weighted by molar-refractivity contribution is -0.161. The van der Waals surface area contributed by atoms with Gasteiger partial charge >= 0.3 is 27.6 Å². The minimum absolute atomic E-state index is 0.0221. The van der Waals surface area contributed by atoms with Crippen molar-refractivity contribution in [3.05, 3.63) is 48.6 Å². The molecule has 0 rings (SSSR count). The number of carbonyl (C=O) groups excluding carboxylic acids is 2. The lowest BCUT2D eigenvalue weighted by atomic mass is 10.0. The minimum Gasteiger partial charge on any atom is -0.462 e. The fourth-order valence-corrected chi connectivity index (χ4v) is 8.00. The van der Waals surface area contributed by atoms with E-state index in [1.807, 2.05) is 36.5 Å². The van der Waals surface area contributed by atoms with Crippen LogP contribution in [0.15, 0.2) is 48.6 Å². The van der Waals surface area contributed by atoms with Crippen LogP contribution in [0.25, 0.3) is 0 Å². The van der Waals surface area contributed by atoms with Crippen molar-refractivity contribution in [3.63, 3.8) is 0 Å². The zero-order valence-electron chi connectivity index (χ0n) is 41.1. The zero-order chi connectivity index (χ0) is 49.0. The van der Waals surface area contributed by atoms with Crippen molar-refractivity contribution in [2.24, 2.45) is 5.92 Å². The van der Waals surface area contributed by atoms with Gasteiger partial charge in [-0.2, -0.15) is 0 Å². The zero-order valence-corrected chi connectivity index (χ0v) is 42.9. The van der Waals surface area contributed by atoms with Crippen molar-refractivity contribution in [3.8, 4) is 0 Å². The predicted octanol–water partition coefficient (Wildman–Crippen LogP) is 12.6. The number of aliphatic hydroxyl groups excluding tert-OH is 2. The number of esters is 2. The van der Waals surface area contributed by atoms with Gasteiger partial charge in [0.1, 0.15) is 12.7 Å². The maximum Gasteiger partial charge on any atom is 0.472 e. The Labute approximate surface area is 399 Å². The second-order valence-corrected chi connectivity index (χ2v) is 20.5. The molecule has 0 aliphatic heterocycles. The molecular formula is C50H92O14P2. The molecule has 4 atom stereocenters. The molecule has 0 fully saturated rings. The molecule has 0 aromatic carbocycles. The molecule has 0 aromatic heterocycles. The summed E-state index contributed by atoms with van der Waals surface area (Å²) in [6.07, 6.45) is 42.8. The second-order valence-electron chi connectivity index (χ2n) is 17.8. The van der Waals surface area contributed by atoms with Crippen LogP contribution in [0.2, 0.25) is 0 Å². The van der Waals surface area contributed by atoms with E-state index < -0.39 is 72.3 Å². The molecule has 386 valence electrons. The number of aliphatic hydroxyl groups is 2. The number of rotatable bonds is 47. The smallest absolute Gasteiger partial charge is 0.462 e. The van der Waals surface area contributed by atoms with E-state index in [-0.39, 0.29) is 12.8 Å². The minimum atomic E-state index is -4.88. The Hall–Kier alpha value is -1.96. The molecule has 0 saturated heterocycles. The first-order valence-electron chi connectivity index (χ1n) is 25.3. The summed E-state index contributed by atoms with van der Waals surface area (Å²) in [6.45, 7) is 3.96.